The third kappa shape index (κ3) is 2.64. The van der Waals surface area contributed by atoms with Gasteiger partial charge in [0.2, 0.25) is 0 Å². The van der Waals surface area contributed by atoms with E-state index in [0.717, 1.165) is 12.1 Å². The van der Waals surface area contributed by atoms with Gasteiger partial charge in [-0.2, -0.15) is 21.6 Å². The van der Waals surface area contributed by atoms with E-state index in [0.29, 0.717) is 6.07 Å². The maximum atomic E-state index is 12.0. The molecule has 0 aliphatic carbocycles. The second-order valence-corrected chi connectivity index (χ2v) is 4.48. The Hall–Kier alpha value is -1.97. The molecule has 1 aromatic carbocycles. The van der Waals surface area contributed by atoms with Crippen LogP contribution in [0.5, 0.6) is 11.5 Å². The Labute approximate surface area is 98.4 Å². The number of phenols is 1. The molecule has 0 fully saturated rings. The molecule has 0 heterocycles. The van der Waals surface area contributed by atoms with Crippen molar-refractivity contribution in [2.75, 3.05) is 0 Å². The highest BCUT2D eigenvalue weighted by Gasteiger charge is 2.49. The Bertz CT molecular complexity index is 577. The molecule has 0 atom stereocenters. The molecule has 0 saturated carbocycles. The van der Waals surface area contributed by atoms with Crippen LogP contribution in [0.3, 0.4) is 0 Å². The maximum absolute atomic E-state index is 12.0. The summed E-state index contributed by atoms with van der Waals surface area (Å²) in [7, 11) is -5.97. The molecule has 0 spiro atoms. The van der Waals surface area contributed by atoms with E-state index in [-0.39, 0.29) is 0 Å². The molecule has 18 heavy (non-hydrogen) atoms. The molecule has 1 rings (SSSR count). The molecule has 0 unspecified atom stereocenters. The van der Waals surface area contributed by atoms with Crippen molar-refractivity contribution in [1.82, 2.24) is 0 Å². The summed E-state index contributed by atoms with van der Waals surface area (Å²) in [5.41, 5.74) is -6.47. The van der Waals surface area contributed by atoms with Crippen molar-refractivity contribution in [3.8, 4) is 11.5 Å². The first-order valence-electron chi connectivity index (χ1n) is 4.12. The number of carboxylic acid groups (broad SMARTS) is 1. The van der Waals surface area contributed by atoms with E-state index in [9.17, 15) is 31.5 Å². The molecule has 0 aromatic heterocycles. The second-order valence-electron chi connectivity index (χ2n) is 2.94. The Morgan fingerprint density at radius 2 is 1.83 bits per heavy atom. The van der Waals surface area contributed by atoms with Crippen LogP contribution >= 0.6 is 0 Å². The van der Waals surface area contributed by atoms with Gasteiger partial charge in [0.1, 0.15) is 5.56 Å². The number of benzene rings is 1. The number of hydrogen-bond donors (Lipinski definition) is 2. The smallest absolute Gasteiger partial charge is 0.504 e. The Morgan fingerprint density at radius 1 is 1.28 bits per heavy atom. The summed E-state index contributed by atoms with van der Waals surface area (Å²) >= 11 is 0. The molecule has 0 aliphatic heterocycles. The highest BCUT2D eigenvalue weighted by molar-refractivity contribution is 7.88. The van der Waals surface area contributed by atoms with E-state index in [1.54, 1.807) is 0 Å². The summed E-state index contributed by atoms with van der Waals surface area (Å²) in [5, 5.41) is 17.8. The van der Waals surface area contributed by atoms with Crippen LogP contribution in [0.15, 0.2) is 18.2 Å². The highest BCUT2D eigenvalue weighted by Crippen LogP contribution is 2.34. The van der Waals surface area contributed by atoms with Gasteiger partial charge in [-0.25, -0.2) is 4.79 Å². The lowest BCUT2D eigenvalue weighted by atomic mass is 10.2. The largest absolute Gasteiger partial charge is 0.534 e. The standard InChI is InChI=1S/C8H5F3O6S/c9-8(10,11)18(15,16)17-5-3-1-2-4(6(5)12)7(13)14/h1-3,12H,(H,13,14). The second kappa shape index (κ2) is 4.37. The molecule has 0 aliphatic rings. The first-order valence-corrected chi connectivity index (χ1v) is 5.53. The fourth-order valence-corrected chi connectivity index (χ4v) is 1.39. The van der Waals surface area contributed by atoms with Crippen LogP contribution in [0.4, 0.5) is 13.2 Å². The number of rotatable bonds is 3. The van der Waals surface area contributed by atoms with Crippen LogP contribution in [0.2, 0.25) is 0 Å². The minimum atomic E-state index is -5.97. The van der Waals surface area contributed by atoms with Crippen molar-refractivity contribution in [2.24, 2.45) is 0 Å². The van der Waals surface area contributed by atoms with E-state index >= 15 is 0 Å². The van der Waals surface area contributed by atoms with E-state index in [1.807, 2.05) is 0 Å². The van der Waals surface area contributed by atoms with Crippen LogP contribution in [0, 0.1) is 0 Å². The van der Waals surface area contributed by atoms with Gasteiger partial charge in [0.15, 0.2) is 11.5 Å². The van der Waals surface area contributed by atoms with Gasteiger partial charge in [-0.05, 0) is 12.1 Å². The molecule has 0 bridgehead atoms. The molecule has 10 heteroatoms. The SMILES string of the molecule is O=C(O)c1cccc(OS(=O)(=O)C(F)(F)F)c1O. The quantitative estimate of drug-likeness (QED) is 0.642. The number of carboxylic acids is 1. The zero-order chi connectivity index (χ0) is 14.1. The molecular weight excluding hydrogens is 281 g/mol. The van der Waals surface area contributed by atoms with Crippen LogP contribution in [0.1, 0.15) is 10.4 Å². The Kier molecular flexibility index (Phi) is 3.42. The van der Waals surface area contributed by atoms with Gasteiger partial charge < -0.3 is 14.4 Å². The number of aromatic hydroxyl groups is 1. The number of para-hydroxylation sites is 1. The lowest BCUT2D eigenvalue weighted by Crippen LogP contribution is -2.28. The fraction of sp³-hybridized carbons (Fsp3) is 0.125. The predicted octanol–water partition coefficient (Wildman–Crippen LogP) is 1.32. The lowest BCUT2D eigenvalue weighted by Gasteiger charge is -2.11. The minimum absolute atomic E-state index is 0.686. The van der Waals surface area contributed by atoms with Crippen molar-refractivity contribution in [3.63, 3.8) is 0 Å². The first-order chi connectivity index (χ1) is 8.06. The summed E-state index contributed by atoms with van der Waals surface area (Å²) in [4.78, 5) is 10.5. The van der Waals surface area contributed by atoms with Crippen molar-refractivity contribution in [3.05, 3.63) is 23.8 Å². The van der Waals surface area contributed by atoms with Crippen LogP contribution in [-0.2, 0) is 10.1 Å². The maximum Gasteiger partial charge on any atom is 0.534 e. The van der Waals surface area contributed by atoms with Gasteiger partial charge in [-0.15, -0.1) is 0 Å². The van der Waals surface area contributed by atoms with Gasteiger partial charge in [0, 0.05) is 0 Å². The summed E-state index contributed by atoms with van der Waals surface area (Å²) < 4.78 is 60.9. The van der Waals surface area contributed by atoms with Crippen molar-refractivity contribution in [2.45, 2.75) is 5.51 Å². The third-order valence-electron chi connectivity index (χ3n) is 1.71. The lowest BCUT2D eigenvalue weighted by molar-refractivity contribution is -0.0500. The van der Waals surface area contributed by atoms with Gasteiger partial charge in [0.05, 0.1) is 0 Å². The van der Waals surface area contributed by atoms with E-state index in [1.165, 1.54) is 0 Å². The van der Waals surface area contributed by atoms with Gasteiger partial charge in [-0.1, -0.05) is 6.07 Å². The van der Waals surface area contributed by atoms with E-state index in [4.69, 9.17) is 5.11 Å². The normalized spacial score (nSPS) is 12.2. The number of halogens is 3. The molecule has 0 amide bonds. The van der Waals surface area contributed by atoms with Gasteiger partial charge in [0.25, 0.3) is 0 Å². The van der Waals surface area contributed by atoms with Crippen molar-refractivity contribution < 1.29 is 40.8 Å². The predicted molar refractivity (Wildman–Crippen MR) is 50.7 cm³/mol. The molecule has 100 valence electrons. The van der Waals surface area contributed by atoms with Crippen LogP contribution < -0.4 is 4.18 Å². The fourth-order valence-electron chi connectivity index (χ4n) is 0.928. The van der Waals surface area contributed by atoms with Crippen LogP contribution in [0.25, 0.3) is 0 Å². The average Bonchev–Trinajstić information content (AvgIpc) is 2.18. The summed E-state index contributed by atoms with van der Waals surface area (Å²) in [6.07, 6.45) is 0. The summed E-state index contributed by atoms with van der Waals surface area (Å²) in [6.45, 7) is 0. The molecule has 2 N–H and O–H groups in total. The Morgan fingerprint density at radius 3 is 2.28 bits per heavy atom. The van der Waals surface area contributed by atoms with Crippen LogP contribution in [-0.4, -0.2) is 30.1 Å². The molecule has 1 aromatic rings. The molecule has 6 nitrogen and oxygen atoms in total. The Balaban J connectivity index is 3.23. The summed E-state index contributed by atoms with van der Waals surface area (Å²) in [6, 6.07) is 2.47. The average molecular weight is 286 g/mol. The zero-order valence-electron chi connectivity index (χ0n) is 8.30. The molecule has 0 radical (unpaired) electrons. The zero-order valence-corrected chi connectivity index (χ0v) is 9.12. The monoisotopic (exact) mass is 286 g/mol. The number of alkyl halides is 3. The molecule has 0 saturated heterocycles. The highest BCUT2D eigenvalue weighted by atomic mass is 32.2. The van der Waals surface area contributed by atoms with E-state index in [2.05, 4.69) is 4.18 Å². The minimum Gasteiger partial charge on any atom is -0.504 e. The first kappa shape index (κ1) is 14.1. The van der Waals surface area contributed by atoms with Gasteiger partial charge >= 0.3 is 21.6 Å². The number of aromatic carboxylic acids is 1. The number of hydrogen-bond acceptors (Lipinski definition) is 5. The van der Waals surface area contributed by atoms with Gasteiger partial charge in [-0.3, -0.25) is 0 Å². The van der Waals surface area contributed by atoms with Crippen molar-refractivity contribution >= 4 is 16.1 Å². The summed E-state index contributed by atoms with van der Waals surface area (Å²) in [5.74, 6) is -3.98. The van der Waals surface area contributed by atoms with E-state index < -0.39 is 38.7 Å². The molecular formula is C8H5F3O6S. The topological polar surface area (TPSA) is 101 Å². The number of carbonyl (C=O) groups is 1. The van der Waals surface area contributed by atoms with Crippen molar-refractivity contribution in [1.29, 1.82) is 0 Å². The third-order valence-corrected chi connectivity index (χ3v) is 2.68.